The zero-order valence-corrected chi connectivity index (χ0v) is 13.4. The van der Waals surface area contributed by atoms with Crippen molar-refractivity contribution >= 4 is 33.1 Å². The van der Waals surface area contributed by atoms with Gasteiger partial charge >= 0.3 is 6.03 Å². The second kappa shape index (κ2) is 6.66. The molecule has 3 N–H and O–H groups in total. The molecule has 0 aliphatic carbocycles. The summed E-state index contributed by atoms with van der Waals surface area (Å²) in [4.78, 5) is 11.9. The first-order valence-electron chi connectivity index (χ1n) is 6.65. The highest BCUT2D eigenvalue weighted by atomic mass is 32.2. The van der Waals surface area contributed by atoms with Gasteiger partial charge in [0.15, 0.2) is 0 Å². The average molecular weight is 337 g/mol. The van der Waals surface area contributed by atoms with Crippen LogP contribution >= 0.6 is 0 Å². The molecule has 6 nitrogen and oxygen atoms in total. The molecule has 0 spiro atoms. The summed E-state index contributed by atoms with van der Waals surface area (Å²) < 4.78 is 38.0. The molecular weight excluding hydrogens is 321 g/mol. The molecule has 0 fully saturated rings. The summed E-state index contributed by atoms with van der Waals surface area (Å²) in [5.74, 6) is -0.736. The molecular formula is C15H16FN3O3S. The number of nitrogens with one attached hydrogen (secondary N) is 3. The predicted octanol–water partition coefficient (Wildman–Crippen LogP) is 3.15. The van der Waals surface area contributed by atoms with Crippen LogP contribution in [0, 0.1) is 12.7 Å². The van der Waals surface area contributed by atoms with Crippen molar-refractivity contribution in [3.63, 3.8) is 0 Å². The quantitative estimate of drug-likeness (QED) is 0.801. The topological polar surface area (TPSA) is 87.3 Å². The van der Waals surface area contributed by atoms with Crippen LogP contribution in [0.3, 0.4) is 0 Å². The van der Waals surface area contributed by atoms with Crippen molar-refractivity contribution in [1.82, 2.24) is 0 Å². The summed E-state index contributed by atoms with van der Waals surface area (Å²) in [6.45, 7) is 1.93. The molecule has 2 aromatic rings. The predicted molar refractivity (Wildman–Crippen MR) is 88.7 cm³/mol. The van der Waals surface area contributed by atoms with E-state index in [2.05, 4.69) is 10.6 Å². The number of carbonyl (C=O) groups excluding carboxylic acids is 1. The minimum atomic E-state index is -3.62. The molecule has 122 valence electrons. The van der Waals surface area contributed by atoms with E-state index < -0.39 is 21.9 Å². The van der Waals surface area contributed by atoms with Gasteiger partial charge in [-0.3, -0.25) is 4.72 Å². The number of carbonyl (C=O) groups is 1. The fraction of sp³-hybridized carbons (Fsp3) is 0.133. The first kappa shape index (κ1) is 16.8. The van der Waals surface area contributed by atoms with Gasteiger partial charge in [0.25, 0.3) is 0 Å². The third kappa shape index (κ3) is 5.26. The average Bonchev–Trinajstić information content (AvgIpc) is 2.43. The van der Waals surface area contributed by atoms with E-state index in [4.69, 9.17) is 0 Å². The summed E-state index contributed by atoms with van der Waals surface area (Å²) in [7, 11) is -3.62. The molecule has 0 aliphatic heterocycles. The van der Waals surface area contributed by atoms with Crippen LogP contribution in [0.4, 0.5) is 26.2 Å². The number of anilines is 3. The van der Waals surface area contributed by atoms with E-state index in [1.807, 2.05) is 23.8 Å². The van der Waals surface area contributed by atoms with Crippen molar-refractivity contribution in [3.8, 4) is 0 Å². The van der Waals surface area contributed by atoms with Crippen molar-refractivity contribution in [2.24, 2.45) is 0 Å². The summed E-state index contributed by atoms with van der Waals surface area (Å²) in [6, 6.07) is 10.3. The molecule has 0 radical (unpaired) electrons. The van der Waals surface area contributed by atoms with Crippen molar-refractivity contribution in [2.75, 3.05) is 21.6 Å². The minimum absolute atomic E-state index is 0.236. The first-order chi connectivity index (χ1) is 10.7. The Morgan fingerprint density at radius 3 is 2.17 bits per heavy atom. The number of rotatable bonds is 4. The molecule has 0 bridgehead atoms. The first-order valence-corrected chi connectivity index (χ1v) is 8.54. The number of benzene rings is 2. The zero-order valence-electron chi connectivity index (χ0n) is 12.6. The van der Waals surface area contributed by atoms with Gasteiger partial charge in [-0.15, -0.1) is 0 Å². The molecule has 8 heteroatoms. The largest absolute Gasteiger partial charge is 0.323 e. The maximum absolute atomic E-state index is 13.6. The van der Waals surface area contributed by atoms with Crippen LogP contribution in [0.5, 0.6) is 0 Å². The summed E-state index contributed by atoms with van der Waals surface area (Å²) in [5.41, 5.74) is 1.68. The lowest BCUT2D eigenvalue weighted by molar-refractivity contribution is 0.262. The molecule has 0 saturated heterocycles. The summed E-state index contributed by atoms with van der Waals surface area (Å²) in [6.07, 6.45) is 0.913. The lowest BCUT2D eigenvalue weighted by Crippen LogP contribution is -2.19. The Morgan fingerprint density at radius 2 is 1.57 bits per heavy atom. The van der Waals surface area contributed by atoms with Crippen molar-refractivity contribution in [2.45, 2.75) is 6.92 Å². The van der Waals surface area contributed by atoms with Gasteiger partial charge in [-0.1, -0.05) is 17.7 Å². The Morgan fingerprint density at radius 1 is 1.00 bits per heavy atom. The fourth-order valence-corrected chi connectivity index (χ4v) is 2.37. The van der Waals surface area contributed by atoms with Gasteiger partial charge in [0.1, 0.15) is 5.82 Å². The van der Waals surface area contributed by atoms with E-state index in [0.717, 1.165) is 17.9 Å². The van der Waals surface area contributed by atoms with Gasteiger partial charge in [0.2, 0.25) is 10.0 Å². The minimum Gasteiger partial charge on any atom is -0.308 e. The molecule has 0 unspecified atom stereocenters. The molecule has 0 heterocycles. The van der Waals surface area contributed by atoms with Crippen LogP contribution in [-0.2, 0) is 10.0 Å². The maximum atomic E-state index is 13.6. The number of hydrogen-bond donors (Lipinski definition) is 3. The van der Waals surface area contributed by atoms with E-state index in [1.165, 1.54) is 12.1 Å². The van der Waals surface area contributed by atoms with Crippen LogP contribution in [0.1, 0.15) is 5.56 Å². The van der Waals surface area contributed by atoms with E-state index in [1.54, 1.807) is 12.1 Å². The van der Waals surface area contributed by atoms with Gasteiger partial charge in [-0.05, 0) is 37.3 Å². The van der Waals surface area contributed by atoms with Crippen LogP contribution in [0.15, 0.2) is 42.5 Å². The van der Waals surface area contributed by atoms with E-state index in [-0.39, 0.29) is 11.4 Å². The molecule has 0 aromatic heterocycles. The van der Waals surface area contributed by atoms with Gasteiger partial charge < -0.3 is 10.6 Å². The van der Waals surface area contributed by atoms with Gasteiger partial charge in [0, 0.05) is 11.4 Å². The lowest BCUT2D eigenvalue weighted by Gasteiger charge is -2.10. The number of halogens is 1. The standard InChI is InChI=1S/C15H16FN3O3S/c1-10-3-5-11(6-4-10)17-15(20)18-12-7-8-13(16)14(9-12)19-23(2,21)22/h3-9,19H,1-2H3,(H2,17,18,20). The highest BCUT2D eigenvalue weighted by Crippen LogP contribution is 2.21. The van der Waals surface area contributed by atoms with Gasteiger partial charge in [-0.2, -0.15) is 0 Å². The van der Waals surface area contributed by atoms with Crippen LogP contribution in [0.2, 0.25) is 0 Å². The highest BCUT2D eigenvalue weighted by molar-refractivity contribution is 7.92. The maximum Gasteiger partial charge on any atom is 0.323 e. The normalized spacial score (nSPS) is 10.9. The highest BCUT2D eigenvalue weighted by Gasteiger charge is 2.10. The third-order valence-electron chi connectivity index (χ3n) is 2.83. The molecule has 0 aliphatic rings. The Hall–Kier alpha value is -2.61. The van der Waals surface area contributed by atoms with Gasteiger partial charge in [0.05, 0.1) is 11.9 Å². The molecule has 0 atom stereocenters. The number of amides is 2. The number of sulfonamides is 1. The molecule has 0 saturated carbocycles. The van der Waals surface area contributed by atoms with Crippen molar-refractivity contribution in [3.05, 3.63) is 53.8 Å². The molecule has 2 aromatic carbocycles. The molecule has 23 heavy (non-hydrogen) atoms. The number of aryl methyl sites for hydroxylation is 1. The zero-order chi connectivity index (χ0) is 17.0. The van der Waals surface area contributed by atoms with Crippen molar-refractivity contribution < 1.29 is 17.6 Å². The van der Waals surface area contributed by atoms with Gasteiger partial charge in [-0.25, -0.2) is 17.6 Å². The third-order valence-corrected chi connectivity index (χ3v) is 3.42. The van der Waals surface area contributed by atoms with E-state index >= 15 is 0 Å². The van der Waals surface area contributed by atoms with E-state index in [0.29, 0.717) is 5.69 Å². The summed E-state index contributed by atoms with van der Waals surface area (Å²) in [5, 5.41) is 5.12. The number of urea groups is 1. The Bertz CT molecular complexity index is 820. The smallest absolute Gasteiger partial charge is 0.308 e. The monoisotopic (exact) mass is 337 g/mol. The Kier molecular flexibility index (Phi) is 4.85. The van der Waals surface area contributed by atoms with E-state index in [9.17, 15) is 17.6 Å². The second-order valence-corrected chi connectivity index (χ2v) is 6.76. The van der Waals surface area contributed by atoms with Crippen LogP contribution < -0.4 is 15.4 Å². The Labute approximate surface area is 133 Å². The van der Waals surface area contributed by atoms with Crippen LogP contribution in [0.25, 0.3) is 0 Å². The SMILES string of the molecule is Cc1ccc(NC(=O)Nc2ccc(F)c(NS(C)(=O)=O)c2)cc1. The molecule has 2 amide bonds. The summed E-state index contributed by atoms with van der Waals surface area (Å²) >= 11 is 0. The van der Waals surface area contributed by atoms with Crippen LogP contribution in [-0.4, -0.2) is 20.7 Å². The lowest BCUT2D eigenvalue weighted by atomic mass is 10.2. The Balaban J connectivity index is 2.09. The van der Waals surface area contributed by atoms with Crippen molar-refractivity contribution in [1.29, 1.82) is 0 Å². The second-order valence-electron chi connectivity index (χ2n) is 5.01. The number of hydrogen-bond acceptors (Lipinski definition) is 3. The fourth-order valence-electron chi connectivity index (χ4n) is 1.81. The molecule has 2 rings (SSSR count).